The van der Waals surface area contributed by atoms with Crippen LogP contribution in [0.15, 0.2) is 77.7 Å². The van der Waals surface area contributed by atoms with Crippen molar-refractivity contribution < 1.29 is 9.59 Å². The van der Waals surface area contributed by atoms with Crippen molar-refractivity contribution in [1.82, 2.24) is 4.57 Å². The lowest BCUT2D eigenvalue weighted by Gasteiger charge is -2.19. The number of carbonyl (C=O) groups excluding carboxylic acids is 2. The number of aryl methyl sites for hydroxylation is 1. The smallest absolute Gasteiger partial charge is 0.255 e. The zero-order valence-electron chi connectivity index (χ0n) is 14.6. The van der Waals surface area contributed by atoms with Crippen molar-refractivity contribution in [3.8, 4) is 0 Å². The summed E-state index contributed by atoms with van der Waals surface area (Å²) in [6, 6.07) is 16.9. The van der Waals surface area contributed by atoms with Gasteiger partial charge in [0.15, 0.2) is 11.8 Å². The summed E-state index contributed by atoms with van der Waals surface area (Å²) in [5, 5.41) is 3.18. The number of hydrogen-bond acceptors (Lipinski definition) is 3. The fourth-order valence-corrected chi connectivity index (χ4v) is 2.83. The second-order valence-electron chi connectivity index (χ2n) is 6.03. The highest BCUT2D eigenvalue weighted by Gasteiger charge is 2.30. The molecule has 1 unspecified atom stereocenters. The average molecular weight is 381 g/mol. The molecule has 0 aliphatic carbocycles. The first-order valence-electron chi connectivity index (χ1n) is 8.31. The van der Waals surface area contributed by atoms with Gasteiger partial charge in [-0.1, -0.05) is 35.9 Å². The van der Waals surface area contributed by atoms with Crippen LogP contribution in [0.5, 0.6) is 0 Å². The van der Waals surface area contributed by atoms with Crippen LogP contribution in [0.3, 0.4) is 0 Å². The van der Waals surface area contributed by atoms with Gasteiger partial charge in [0.1, 0.15) is 0 Å². The Labute approximate surface area is 161 Å². The Hall–Kier alpha value is -3.18. The molecule has 1 N–H and O–H groups in total. The molecule has 5 nitrogen and oxygen atoms in total. The Morgan fingerprint density at radius 3 is 2.30 bits per heavy atom. The lowest BCUT2D eigenvalue weighted by molar-refractivity contribution is -0.118. The summed E-state index contributed by atoms with van der Waals surface area (Å²) < 4.78 is 1.16. The van der Waals surface area contributed by atoms with Crippen LogP contribution in [0, 0.1) is 6.92 Å². The van der Waals surface area contributed by atoms with Crippen LogP contribution in [0.4, 0.5) is 5.69 Å². The van der Waals surface area contributed by atoms with E-state index in [1.165, 1.54) is 18.3 Å². The molecular formula is C21H17ClN2O3. The summed E-state index contributed by atoms with van der Waals surface area (Å²) in [4.78, 5) is 38.6. The maximum absolute atomic E-state index is 13.1. The number of nitrogens with one attached hydrogen (secondary N) is 1. The van der Waals surface area contributed by atoms with Gasteiger partial charge in [0.05, 0.1) is 0 Å². The van der Waals surface area contributed by atoms with Crippen LogP contribution in [-0.2, 0) is 4.79 Å². The van der Waals surface area contributed by atoms with Crippen molar-refractivity contribution in [3.05, 3.63) is 99.4 Å². The van der Waals surface area contributed by atoms with Gasteiger partial charge >= 0.3 is 0 Å². The number of amides is 1. The molecule has 136 valence electrons. The molecule has 1 aromatic heterocycles. The van der Waals surface area contributed by atoms with Crippen molar-refractivity contribution in [1.29, 1.82) is 0 Å². The van der Waals surface area contributed by atoms with Crippen LogP contribution in [0.25, 0.3) is 0 Å². The SMILES string of the molecule is Cc1cccn(C(C(=O)Nc2ccccc2)C(=O)c2ccc(Cl)cc2)c1=O. The molecule has 0 radical (unpaired) electrons. The first-order valence-corrected chi connectivity index (χ1v) is 8.68. The number of pyridine rings is 1. The molecular weight excluding hydrogens is 364 g/mol. The predicted octanol–water partition coefficient (Wildman–Crippen LogP) is 3.87. The highest BCUT2D eigenvalue weighted by Crippen LogP contribution is 2.19. The van der Waals surface area contributed by atoms with E-state index in [0.717, 1.165) is 4.57 Å². The number of hydrogen-bond donors (Lipinski definition) is 1. The van der Waals surface area contributed by atoms with Gasteiger partial charge in [-0.05, 0) is 49.4 Å². The number of aromatic nitrogens is 1. The van der Waals surface area contributed by atoms with Crippen molar-refractivity contribution in [2.45, 2.75) is 13.0 Å². The highest BCUT2D eigenvalue weighted by molar-refractivity contribution is 6.30. The van der Waals surface area contributed by atoms with E-state index in [9.17, 15) is 14.4 Å². The normalized spacial score (nSPS) is 11.6. The number of rotatable bonds is 5. The monoisotopic (exact) mass is 380 g/mol. The van der Waals surface area contributed by atoms with Crippen LogP contribution in [-0.4, -0.2) is 16.3 Å². The molecule has 0 aliphatic heterocycles. The topological polar surface area (TPSA) is 68.2 Å². The molecule has 0 spiro atoms. The minimum absolute atomic E-state index is 0.293. The summed E-state index contributed by atoms with van der Waals surface area (Å²) >= 11 is 5.88. The Kier molecular flexibility index (Phi) is 5.52. The van der Waals surface area contributed by atoms with E-state index in [4.69, 9.17) is 11.6 Å². The van der Waals surface area contributed by atoms with Gasteiger partial charge in [-0.15, -0.1) is 0 Å². The molecule has 0 saturated carbocycles. The van der Waals surface area contributed by atoms with Crippen LogP contribution < -0.4 is 10.9 Å². The van der Waals surface area contributed by atoms with E-state index in [1.54, 1.807) is 55.5 Å². The lowest BCUT2D eigenvalue weighted by atomic mass is 10.0. The molecule has 0 bridgehead atoms. The van der Waals surface area contributed by atoms with Crippen molar-refractivity contribution >= 4 is 29.0 Å². The Bertz CT molecular complexity index is 1030. The molecule has 1 atom stereocenters. The number of ketones is 1. The zero-order valence-corrected chi connectivity index (χ0v) is 15.3. The summed E-state index contributed by atoms with van der Waals surface area (Å²) in [5.74, 6) is -1.08. The van der Waals surface area contributed by atoms with Gasteiger partial charge in [-0.25, -0.2) is 0 Å². The number of carbonyl (C=O) groups is 2. The Morgan fingerprint density at radius 2 is 1.63 bits per heavy atom. The third kappa shape index (κ3) is 4.15. The average Bonchev–Trinajstić information content (AvgIpc) is 2.66. The minimum Gasteiger partial charge on any atom is -0.324 e. The minimum atomic E-state index is -1.33. The Morgan fingerprint density at radius 1 is 0.963 bits per heavy atom. The largest absolute Gasteiger partial charge is 0.324 e. The number of benzene rings is 2. The van der Waals surface area contributed by atoms with Crippen LogP contribution in [0.2, 0.25) is 5.02 Å². The third-order valence-electron chi connectivity index (χ3n) is 4.11. The number of Topliss-reactive ketones (excluding diaryl/α,β-unsaturated/α-hetero) is 1. The number of para-hydroxylation sites is 1. The maximum atomic E-state index is 13.1. The molecule has 0 fully saturated rings. The van der Waals surface area contributed by atoms with Gasteiger partial charge < -0.3 is 5.32 Å². The van der Waals surface area contributed by atoms with Crippen LogP contribution >= 0.6 is 11.6 Å². The number of anilines is 1. The molecule has 2 aromatic carbocycles. The third-order valence-corrected chi connectivity index (χ3v) is 4.36. The second kappa shape index (κ2) is 8.01. The second-order valence-corrected chi connectivity index (χ2v) is 6.47. The fraction of sp³-hybridized carbons (Fsp3) is 0.0952. The van der Waals surface area contributed by atoms with Gasteiger partial charge in [-0.3, -0.25) is 19.0 Å². The Balaban J connectivity index is 2.04. The van der Waals surface area contributed by atoms with E-state index >= 15 is 0 Å². The van der Waals surface area contributed by atoms with Crippen molar-refractivity contribution in [2.75, 3.05) is 5.32 Å². The summed E-state index contributed by atoms with van der Waals surface area (Å²) in [7, 11) is 0. The summed E-state index contributed by atoms with van der Waals surface area (Å²) in [6.45, 7) is 1.64. The quantitative estimate of drug-likeness (QED) is 0.539. The molecule has 27 heavy (non-hydrogen) atoms. The standard InChI is InChI=1S/C21H17ClN2O3/c1-14-6-5-13-24(21(14)27)18(19(25)15-9-11-16(22)12-10-15)20(26)23-17-7-3-2-4-8-17/h2-13,18H,1H3,(H,23,26). The van der Waals surface area contributed by atoms with E-state index in [0.29, 0.717) is 21.8 Å². The fourth-order valence-electron chi connectivity index (χ4n) is 2.70. The molecule has 1 heterocycles. The van der Waals surface area contributed by atoms with Crippen LogP contribution in [0.1, 0.15) is 22.0 Å². The van der Waals surface area contributed by atoms with E-state index in [-0.39, 0.29) is 0 Å². The molecule has 3 rings (SSSR count). The molecule has 0 aliphatic rings. The van der Waals surface area contributed by atoms with Gasteiger partial charge in [0.25, 0.3) is 11.5 Å². The number of nitrogens with zero attached hydrogens (tertiary/aromatic N) is 1. The molecule has 6 heteroatoms. The predicted molar refractivity (Wildman–Crippen MR) is 105 cm³/mol. The van der Waals surface area contributed by atoms with Crippen molar-refractivity contribution in [2.24, 2.45) is 0 Å². The summed E-state index contributed by atoms with van der Waals surface area (Å²) in [6.07, 6.45) is 1.44. The first-order chi connectivity index (χ1) is 13.0. The highest BCUT2D eigenvalue weighted by atomic mass is 35.5. The first kappa shape index (κ1) is 18.6. The van der Waals surface area contributed by atoms with Gasteiger partial charge in [-0.2, -0.15) is 0 Å². The molecule has 3 aromatic rings. The zero-order chi connectivity index (χ0) is 19.4. The van der Waals surface area contributed by atoms with Gasteiger partial charge in [0.2, 0.25) is 0 Å². The van der Waals surface area contributed by atoms with E-state index in [2.05, 4.69) is 5.32 Å². The molecule has 1 amide bonds. The number of halogens is 1. The van der Waals surface area contributed by atoms with E-state index in [1.807, 2.05) is 6.07 Å². The lowest BCUT2D eigenvalue weighted by Crippen LogP contribution is -2.38. The van der Waals surface area contributed by atoms with Gasteiger partial charge in [0, 0.05) is 28.0 Å². The van der Waals surface area contributed by atoms with Crippen molar-refractivity contribution in [3.63, 3.8) is 0 Å². The maximum Gasteiger partial charge on any atom is 0.255 e. The van der Waals surface area contributed by atoms with E-state index < -0.39 is 23.3 Å². The molecule has 0 saturated heterocycles. The summed E-state index contributed by atoms with van der Waals surface area (Å²) in [5.41, 5.74) is 0.880.